The third-order valence-electron chi connectivity index (χ3n) is 4.76. The molecule has 2 aromatic carbocycles. The van der Waals surface area contributed by atoms with Gasteiger partial charge in [-0.05, 0) is 60.0 Å². The average molecular weight is 414 g/mol. The summed E-state index contributed by atoms with van der Waals surface area (Å²) >= 11 is 1.40. The predicted octanol–water partition coefficient (Wildman–Crippen LogP) is 4.08. The van der Waals surface area contributed by atoms with Crippen LogP contribution in [-0.4, -0.2) is 25.9 Å². The third-order valence-corrected chi connectivity index (χ3v) is 5.65. The number of nitrogens with zero attached hydrogens (tertiary/aromatic N) is 3. The number of nitrogens with one attached hydrogen (secondary N) is 1. The number of anilines is 3. The quantitative estimate of drug-likeness (QED) is 0.637. The molecule has 2 amide bonds. The van der Waals surface area contributed by atoms with Crippen molar-refractivity contribution in [3.63, 3.8) is 0 Å². The monoisotopic (exact) mass is 414 g/mol. The van der Waals surface area contributed by atoms with E-state index in [9.17, 15) is 9.59 Å². The van der Waals surface area contributed by atoms with E-state index >= 15 is 0 Å². The number of carbonyl (C=O) groups excluding carboxylic acids is 2. The lowest BCUT2D eigenvalue weighted by Gasteiger charge is -2.16. The van der Waals surface area contributed by atoms with Crippen molar-refractivity contribution in [2.75, 3.05) is 29.2 Å². The Morgan fingerprint density at radius 1 is 0.967 bits per heavy atom. The summed E-state index contributed by atoms with van der Waals surface area (Å²) in [5, 5.41) is 14.0. The van der Waals surface area contributed by atoms with Crippen molar-refractivity contribution >= 4 is 45.8 Å². The Bertz CT molecular complexity index is 1170. The molecule has 0 unspecified atom stereocenters. The molecule has 1 aliphatic rings. The topological polar surface area (TPSA) is 76.4 Å². The molecule has 6 nitrogen and oxygen atoms in total. The van der Waals surface area contributed by atoms with E-state index in [2.05, 4.69) is 5.32 Å². The molecular weight excluding hydrogens is 396 g/mol. The first-order valence-electron chi connectivity index (χ1n) is 9.21. The molecule has 148 valence electrons. The first-order valence-corrected chi connectivity index (χ1v) is 10.1. The van der Waals surface area contributed by atoms with Gasteiger partial charge in [0.25, 0.3) is 11.8 Å². The van der Waals surface area contributed by atoms with Gasteiger partial charge in [-0.2, -0.15) is 5.26 Å². The molecule has 0 aliphatic carbocycles. The van der Waals surface area contributed by atoms with Crippen LogP contribution in [0.4, 0.5) is 17.1 Å². The van der Waals surface area contributed by atoms with E-state index in [1.54, 1.807) is 24.3 Å². The van der Waals surface area contributed by atoms with Gasteiger partial charge in [0.1, 0.15) is 5.70 Å². The number of rotatable bonds is 5. The van der Waals surface area contributed by atoms with Crippen LogP contribution in [0.5, 0.6) is 0 Å². The largest absolute Gasteiger partial charge is 0.378 e. The second-order valence-corrected chi connectivity index (χ2v) is 7.85. The lowest BCUT2D eigenvalue weighted by atomic mass is 10.1. The highest BCUT2D eigenvalue weighted by atomic mass is 32.1. The first kappa shape index (κ1) is 19.4. The second-order valence-electron chi connectivity index (χ2n) is 6.90. The molecule has 1 N–H and O–H groups in total. The number of amides is 2. The fourth-order valence-electron chi connectivity index (χ4n) is 3.20. The Morgan fingerprint density at radius 3 is 2.23 bits per heavy atom. The van der Waals surface area contributed by atoms with Crippen LogP contribution in [-0.2, 0) is 9.59 Å². The fourth-order valence-corrected chi connectivity index (χ4v) is 3.97. The average Bonchev–Trinajstić information content (AvgIpc) is 3.35. The number of hydrogen-bond acceptors (Lipinski definition) is 6. The Labute approximate surface area is 178 Å². The summed E-state index contributed by atoms with van der Waals surface area (Å²) in [6.07, 6.45) is 0. The van der Waals surface area contributed by atoms with Gasteiger partial charge in [0.05, 0.1) is 22.9 Å². The minimum Gasteiger partial charge on any atom is -0.378 e. The van der Waals surface area contributed by atoms with Gasteiger partial charge in [-0.1, -0.05) is 6.07 Å². The van der Waals surface area contributed by atoms with E-state index in [0.29, 0.717) is 22.5 Å². The van der Waals surface area contributed by atoms with E-state index < -0.39 is 5.91 Å². The van der Waals surface area contributed by atoms with Gasteiger partial charge < -0.3 is 10.2 Å². The number of thiophene rings is 1. The first-order chi connectivity index (χ1) is 14.5. The van der Waals surface area contributed by atoms with Crippen LogP contribution in [0.15, 0.2) is 71.7 Å². The maximum atomic E-state index is 13.3. The minimum absolute atomic E-state index is 0.240. The molecule has 1 aromatic heterocycles. The molecule has 2 heterocycles. The SMILES string of the molecule is CN(C)c1ccc(NC2=C(c3cccs3)C(=O)N(c3ccc(C#N)cc3)C2=O)cc1. The van der Waals surface area contributed by atoms with Crippen molar-refractivity contribution in [2.24, 2.45) is 0 Å². The highest BCUT2D eigenvalue weighted by molar-refractivity contribution is 7.11. The molecule has 30 heavy (non-hydrogen) atoms. The van der Waals surface area contributed by atoms with Crippen molar-refractivity contribution in [1.29, 1.82) is 5.26 Å². The number of imide groups is 1. The van der Waals surface area contributed by atoms with Gasteiger partial charge in [-0.3, -0.25) is 9.59 Å². The molecule has 3 aromatic rings. The number of carbonyl (C=O) groups is 2. The van der Waals surface area contributed by atoms with Gasteiger partial charge in [0.15, 0.2) is 0 Å². The highest BCUT2D eigenvalue weighted by Gasteiger charge is 2.40. The van der Waals surface area contributed by atoms with Crippen LogP contribution >= 0.6 is 11.3 Å². The molecule has 0 saturated carbocycles. The number of benzene rings is 2. The molecule has 1 aliphatic heterocycles. The molecule has 0 atom stereocenters. The highest BCUT2D eigenvalue weighted by Crippen LogP contribution is 2.35. The van der Waals surface area contributed by atoms with Crippen LogP contribution in [0, 0.1) is 11.3 Å². The van der Waals surface area contributed by atoms with Gasteiger partial charge in [-0.15, -0.1) is 11.3 Å². The Morgan fingerprint density at radius 2 is 1.67 bits per heavy atom. The van der Waals surface area contributed by atoms with E-state index in [0.717, 1.165) is 15.5 Å². The van der Waals surface area contributed by atoms with Gasteiger partial charge in [0.2, 0.25) is 0 Å². The van der Waals surface area contributed by atoms with Crippen LogP contribution < -0.4 is 15.1 Å². The summed E-state index contributed by atoms with van der Waals surface area (Å²) < 4.78 is 0. The third kappa shape index (κ3) is 3.45. The zero-order chi connectivity index (χ0) is 21.3. The van der Waals surface area contributed by atoms with E-state index in [-0.39, 0.29) is 11.6 Å². The Kier molecular flexibility index (Phi) is 5.09. The molecule has 0 spiro atoms. The van der Waals surface area contributed by atoms with Crippen LogP contribution in [0.1, 0.15) is 10.4 Å². The summed E-state index contributed by atoms with van der Waals surface area (Å²) in [7, 11) is 3.91. The molecule has 4 rings (SSSR count). The van der Waals surface area contributed by atoms with Crippen molar-refractivity contribution in [3.8, 4) is 6.07 Å². The molecule has 0 fully saturated rings. The summed E-state index contributed by atoms with van der Waals surface area (Å²) in [5.41, 5.74) is 3.22. The lowest BCUT2D eigenvalue weighted by molar-refractivity contribution is -0.120. The van der Waals surface area contributed by atoms with Crippen molar-refractivity contribution in [2.45, 2.75) is 0 Å². The summed E-state index contributed by atoms with van der Waals surface area (Å²) in [4.78, 5) is 30.4. The molecule has 0 radical (unpaired) electrons. The van der Waals surface area contributed by atoms with Crippen molar-refractivity contribution in [1.82, 2.24) is 0 Å². The standard InChI is InChI=1S/C23H18N4O2S/c1-26(2)17-11-7-16(8-12-17)25-21-20(19-4-3-13-30-19)22(28)27(23(21)29)18-9-5-15(14-24)6-10-18/h3-13,25H,1-2H3. The van der Waals surface area contributed by atoms with Gasteiger partial charge >= 0.3 is 0 Å². The predicted molar refractivity (Wildman–Crippen MR) is 119 cm³/mol. The molecule has 0 saturated heterocycles. The van der Waals surface area contributed by atoms with E-state index in [4.69, 9.17) is 5.26 Å². The smallest absolute Gasteiger partial charge is 0.282 e. The summed E-state index contributed by atoms with van der Waals surface area (Å²) in [5.74, 6) is -0.815. The zero-order valence-electron chi connectivity index (χ0n) is 16.4. The van der Waals surface area contributed by atoms with Crippen LogP contribution in [0.25, 0.3) is 5.57 Å². The van der Waals surface area contributed by atoms with Crippen LogP contribution in [0.3, 0.4) is 0 Å². The molecular formula is C23H18N4O2S. The fraction of sp³-hybridized carbons (Fsp3) is 0.0870. The minimum atomic E-state index is -0.426. The van der Waals surface area contributed by atoms with Gasteiger partial charge in [-0.25, -0.2) is 4.90 Å². The lowest BCUT2D eigenvalue weighted by Crippen LogP contribution is -2.32. The maximum absolute atomic E-state index is 13.3. The van der Waals surface area contributed by atoms with Gasteiger partial charge in [0, 0.05) is 30.3 Å². The van der Waals surface area contributed by atoms with E-state index in [1.807, 2.05) is 66.8 Å². The summed E-state index contributed by atoms with van der Waals surface area (Å²) in [6, 6.07) is 19.7. The molecule has 0 bridgehead atoms. The molecule has 7 heteroatoms. The summed E-state index contributed by atoms with van der Waals surface area (Å²) in [6.45, 7) is 0. The van der Waals surface area contributed by atoms with E-state index in [1.165, 1.54) is 11.3 Å². The maximum Gasteiger partial charge on any atom is 0.282 e. The zero-order valence-corrected chi connectivity index (χ0v) is 17.2. The second kappa shape index (κ2) is 7.85. The normalized spacial score (nSPS) is 13.6. The van der Waals surface area contributed by atoms with Crippen molar-refractivity contribution < 1.29 is 9.59 Å². The van der Waals surface area contributed by atoms with Crippen molar-refractivity contribution in [3.05, 3.63) is 82.2 Å². The Hall–Kier alpha value is -3.89. The number of hydrogen-bond donors (Lipinski definition) is 1. The number of nitriles is 1. The Balaban J connectivity index is 1.73. The van der Waals surface area contributed by atoms with Crippen LogP contribution in [0.2, 0.25) is 0 Å².